The number of hydrogen-bond acceptors (Lipinski definition) is 2. The van der Waals surface area contributed by atoms with Crippen molar-refractivity contribution in [2.75, 3.05) is 0 Å². The summed E-state index contributed by atoms with van der Waals surface area (Å²) in [4.78, 5) is 22.2. The molecule has 0 unspecified atom stereocenters. The van der Waals surface area contributed by atoms with Crippen molar-refractivity contribution < 1.29 is 4.79 Å². The Bertz CT molecular complexity index is 576. The summed E-state index contributed by atoms with van der Waals surface area (Å²) in [5, 5.41) is 0. The third-order valence-electron chi connectivity index (χ3n) is 2.63. The molecule has 2 aromatic rings. The average Bonchev–Trinajstić information content (AvgIpc) is 2.54. The monoisotopic (exact) mass is 216 g/mol. The number of carbonyl (C=O) groups excluding carboxylic acids is 1. The summed E-state index contributed by atoms with van der Waals surface area (Å²) in [5.74, 6) is 0. The maximum atomic E-state index is 11.7. The summed E-state index contributed by atoms with van der Waals surface area (Å²) in [6.45, 7) is 1.87. The van der Waals surface area contributed by atoms with Crippen molar-refractivity contribution in [2.24, 2.45) is 7.05 Å². The molecule has 4 heteroatoms. The Hall–Kier alpha value is -2.10. The molecule has 0 radical (unpaired) electrons. The van der Waals surface area contributed by atoms with E-state index in [-0.39, 0.29) is 5.56 Å². The fourth-order valence-electron chi connectivity index (χ4n) is 1.63. The molecule has 0 N–H and O–H groups in total. The maximum Gasteiger partial charge on any atom is 0.271 e. The molecule has 4 nitrogen and oxygen atoms in total. The van der Waals surface area contributed by atoms with Crippen molar-refractivity contribution in [3.63, 3.8) is 0 Å². The van der Waals surface area contributed by atoms with Gasteiger partial charge in [-0.05, 0) is 31.2 Å². The highest BCUT2D eigenvalue weighted by Crippen LogP contribution is 2.07. The van der Waals surface area contributed by atoms with Crippen LogP contribution in [0.15, 0.2) is 35.1 Å². The van der Waals surface area contributed by atoms with Gasteiger partial charge in [-0.2, -0.15) is 0 Å². The van der Waals surface area contributed by atoms with E-state index >= 15 is 0 Å². The molecule has 16 heavy (non-hydrogen) atoms. The lowest BCUT2D eigenvalue weighted by Gasteiger charge is -2.08. The Morgan fingerprint density at radius 2 is 1.81 bits per heavy atom. The fraction of sp³-hybridized carbons (Fsp3) is 0.167. The molecule has 2 rings (SSSR count). The zero-order valence-electron chi connectivity index (χ0n) is 9.18. The first kappa shape index (κ1) is 10.4. The topological polar surface area (TPSA) is 44.0 Å². The second kappa shape index (κ2) is 3.81. The van der Waals surface area contributed by atoms with Crippen LogP contribution in [0.5, 0.6) is 0 Å². The van der Waals surface area contributed by atoms with Crippen LogP contribution in [0.25, 0.3) is 5.69 Å². The molecule has 82 valence electrons. The van der Waals surface area contributed by atoms with Gasteiger partial charge >= 0.3 is 0 Å². The summed E-state index contributed by atoms with van der Waals surface area (Å²) in [7, 11) is 1.82. The van der Waals surface area contributed by atoms with Crippen LogP contribution in [0.1, 0.15) is 16.1 Å². The zero-order chi connectivity index (χ0) is 11.7. The molecule has 0 atom stereocenters. The fourth-order valence-corrected chi connectivity index (χ4v) is 1.63. The molecule has 0 saturated carbocycles. The molecule has 0 spiro atoms. The van der Waals surface area contributed by atoms with Gasteiger partial charge in [0.1, 0.15) is 6.29 Å². The lowest BCUT2D eigenvalue weighted by Crippen LogP contribution is -2.19. The maximum absolute atomic E-state index is 11.7. The molecule has 0 saturated heterocycles. The van der Waals surface area contributed by atoms with E-state index in [1.165, 1.54) is 0 Å². The van der Waals surface area contributed by atoms with Crippen LogP contribution in [0.2, 0.25) is 0 Å². The van der Waals surface area contributed by atoms with Crippen molar-refractivity contribution in [2.45, 2.75) is 6.92 Å². The first-order valence-corrected chi connectivity index (χ1v) is 4.95. The summed E-state index contributed by atoms with van der Waals surface area (Å²) >= 11 is 0. The molecule has 1 heterocycles. The number of aryl methyl sites for hydroxylation is 1. The van der Waals surface area contributed by atoms with Gasteiger partial charge in [0.2, 0.25) is 0 Å². The molecule has 0 fully saturated rings. The van der Waals surface area contributed by atoms with E-state index in [2.05, 4.69) is 0 Å². The van der Waals surface area contributed by atoms with Gasteiger partial charge in [-0.25, -0.2) is 4.68 Å². The van der Waals surface area contributed by atoms with Gasteiger partial charge in [0, 0.05) is 24.4 Å². The number of hydrogen-bond donors (Lipinski definition) is 0. The third-order valence-corrected chi connectivity index (χ3v) is 2.63. The van der Waals surface area contributed by atoms with Crippen molar-refractivity contribution in [3.8, 4) is 5.69 Å². The van der Waals surface area contributed by atoms with Gasteiger partial charge < -0.3 is 0 Å². The van der Waals surface area contributed by atoms with Crippen LogP contribution in [-0.4, -0.2) is 15.6 Å². The highest BCUT2D eigenvalue weighted by Gasteiger charge is 2.06. The van der Waals surface area contributed by atoms with Gasteiger partial charge in [0.25, 0.3) is 5.56 Å². The van der Waals surface area contributed by atoms with Crippen molar-refractivity contribution in [1.29, 1.82) is 0 Å². The van der Waals surface area contributed by atoms with E-state index in [9.17, 15) is 9.59 Å². The molecule has 1 aromatic carbocycles. The number of aromatic nitrogens is 2. The Morgan fingerprint density at radius 1 is 1.19 bits per heavy atom. The summed E-state index contributed by atoms with van der Waals surface area (Å²) in [5.41, 5.74) is 2.18. The van der Waals surface area contributed by atoms with E-state index < -0.39 is 0 Å². The van der Waals surface area contributed by atoms with Gasteiger partial charge in [-0.1, -0.05) is 0 Å². The molecular weight excluding hydrogens is 204 g/mol. The normalized spacial score (nSPS) is 10.4. The first-order valence-electron chi connectivity index (χ1n) is 4.95. The second-order valence-corrected chi connectivity index (χ2v) is 3.67. The molecule has 0 amide bonds. The highest BCUT2D eigenvalue weighted by atomic mass is 16.1. The lowest BCUT2D eigenvalue weighted by atomic mass is 10.2. The smallest absolute Gasteiger partial charge is 0.271 e. The standard InChI is InChI=1S/C12H12N2O2/c1-9-7-12(16)14(13(9)2)11-5-3-10(8-15)4-6-11/h3-8H,1-2H3. The molecule has 1 aromatic heterocycles. The number of benzene rings is 1. The van der Waals surface area contributed by atoms with Crippen molar-refractivity contribution >= 4 is 6.29 Å². The number of nitrogens with zero attached hydrogens (tertiary/aromatic N) is 2. The SMILES string of the molecule is Cc1cc(=O)n(-c2ccc(C=O)cc2)n1C. The van der Waals surface area contributed by atoms with Gasteiger partial charge in [0.05, 0.1) is 5.69 Å². The van der Waals surface area contributed by atoms with Crippen LogP contribution in [0, 0.1) is 6.92 Å². The molecule has 0 aliphatic rings. The zero-order valence-corrected chi connectivity index (χ0v) is 9.18. The second-order valence-electron chi connectivity index (χ2n) is 3.67. The lowest BCUT2D eigenvalue weighted by molar-refractivity contribution is 0.112. The van der Waals surface area contributed by atoms with Crippen molar-refractivity contribution in [1.82, 2.24) is 9.36 Å². The predicted molar refractivity (Wildman–Crippen MR) is 61.1 cm³/mol. The Balaban J connectivity index is 2.58. The van der Waals surface area contributed by atoms with Crippen LogP contribution in [0.4, 0.5) is 0 Å². The van der Waals surface area contributed by atoms with E-state index in [1.807, 2.05) is 14.0 Å². The number of aldehydes is 1. The number of carbonyl (C=O) groups is 1. The third kappa shape index (κ3) is 1.58. The minimum atomic E-state index is -0.0705. The quantitative estimate of drug-likeness (QED) is 0.710. The van der Waals surface area contributed by atoms with Gasteiger partial charge in [0.15, 0.2) is 0 Å². The number of rotatable bonds is 2. The van der Waals surface area contributed by atoms with Gasteiger partial charge in [-0.3, -0.25) is 14.3 Å². The van der Waals surface area contributed by atoms with Gasteiger partial charge in [-0.15, -0.1) is 0 Å². The predicted octanol–water partition coefficient (Wildman–Crippen LogP) is 1.30. The minimum absolute atomic E-state index is 0.0705. The molecule has 0 bridgehead atoms. The molecule has 0 aliphatic heterocycles. The Morgan fingerprint density at radius 3 is 2.25 bits per heavy atom. The van der Waals surface area contributed by atoms with Crippen LogP contribution in [-0.2, 0) is 7.05 Å². The molecular formula is C12H12N2O2. The Labute approximate surface area is 92.7 Å². The molecule has 0 aliphatic carbocycles. The van der Waals surface area contributed by atoms with E-state index in [0.29, 0.717) is 5.56 Å². The highest BCUT2D eigenvalue weighted by molar-refractivity contribution is 5.75. The first-order chi connectivity index (χ1) is 7.63. The van der Waals surface area contributed by atoms with E-state index in [0.717, 1.165) is 17.7 Å². The minimum Gasteiger partial charge on any atom is -0.298 e. The van der Waals surface area contributed by atoms with Crippen molar-refractivity contribution in [3.05, 3.63) is 51.9 Å². The summed E-state index contributed by atoms with van der Waals surface area (Å²) in [6, 6.07) is 8.47. The van der Waals surface area contributed by atoms with E-state index in [4.69, 9.17) is 0 Å². The van der Waals surface area contributed by atoms with Crippen LogP contribution >= 0.6 is 0 Å². The average molecular weight is 216 g/mol. The largest absolute Gasteiger partial charge is 0.298 e. The van der Waals surface area contributed by atoms with Crippen LogP contribution in [0.3, 0.4) is 0 Å². The Kier molecular flexibility index (Phi) is 2.48. The summed E-state index contributed by atoms with van der Waals surface area (Å²) < 4.78 is 3.34. The van der Waals surface area contributed by atoms with E-state index in [1.54, 1.807) is 39.7 Å². The van der Waals surface area contributed by atoms with Crippen LogP contribution < -0.4 is 5.56 Å². The summed E-state index contributed by atoms with van der Waals surface area (Å²) in [6.07, 6.45) is 0.781.